The van der Waals surface area contributed by atoms with E-state index in [0.29, 0.717) is 18.7 Å². The third-order valence-corrected chi connectivity index (χ3v) is 8.37. The standard InChI is InChI=1S/C30H34FN9O2/c1-18-13-25(39-38-18)36-24-14-21-5-4-12-32-27(21)28(37-24)20-8-10-30(42-3,11-9-20)29(41)35-19(2)22-6-7-26(33-15-22)40-17-23(31)16-34-40/h4-7,12-17,19-20,27-28H,8-11H2,1-3H3,(H,35,41)(H2,36,37,38,39)/t19-,20-,27?,28?,30+/m0/s1. The minimum Gasteiger partial charge on any atom is -0.368 e. The van der Waals surface area contributed by atoms with Crippen LogP contribution in [0, 0.1) is 18.7 Å². The summed E-state index contributed by atoms with van der Waals surface area (Å²) in [6.07, 6.45) is 14.7. The van der Waals surface area contributed by atoms with Gasteiger partial charge in [-0.05, 0) is 74.8 Å². The van der Waals surface area contributed by atoms with Crippen LogP contribution in [0.5, 0.6) is 0 Å². The molecule has 0 radical (unpaired) electrons. The van der Waals surface area contributed by atoms with Gasteiger partial charge in [0.25, 0.3) is 5.91 Å². The third kappa shape index (κ3) is 5.54. The van der Waals surface area contributed by atoms with Crippen LogP contribution in [0.1, 0.15) is 49.9 Å². The van der Waals surface area contributed by atoms with Gasteiger partial charge in [-0.1, -0.05) is 12.1 Å². The summed E-state index contributed by atoms with van der Waals surface area (Å²) in [5.41, 5.74) is 1.98. The van der Waals surface area contributed by atoms with Gasteiger partial charge >= 0.3 is 0 Å². The highest BCUT2D eigenvalue weighted by molar-refractivity contribution is 6.05. The van der Waals surface area contributed by atoms with Crippen molar-refractivity contribution < 1.29 is 13.9 Å². The van der Waals surface area contributed by atoms with Crippen molar-refractivity contribution in [3.05, 3.63) is 77.7 Å². The first-order valence-corrected chi connectivity index (χ1v) is 14.1. The van der Waals surface area contributed by atoms with Gasteiger partial charge in [-0.3, -0.25) is 19.9 Å². The molecule has 2 unspecified atom stereocenters. The molecule has 0 aromatic carbocycles. The summed E-state index contributed by atoms with van der Waals surface area (Å²) in [7, 11) is 1.61. The van der Waals surface area contributed by atoms with Gasteiger partial charge in [0.15, 0.2) is 17.5 Å². The number of pyridine rings is 1. The Morgan fingerprint density at radius 2 is 2.10 bits per heavy atom. The normalized spacial score (nSPS) is 25.8. The number of amidine groups is 1. The van der Waals surface area contributed by atoms with Gasteiger partial charge in [0.05, 0.1) is 30.5 Å². The Bertz CT molecular complexity index is 1560. The van der Waals surface area contributed by atoms with E-state index in [9.17, 15) is 9.18 Å². The zero-order valence-electron chi connectivity index (χ0n) is 23.8. The largest absolute Gasteiger partial charge is 0.368 e. The highest BCUT2D eigenvalue weighted by Gasteiger charge is 2.46. The average molecular weight is 572 g/mol. The Hall–Kier alpha value is -4.45. The van der Waals surface area contributed by atoms with Crippen molar-refractivity contribution >= 4 is 23.8 Å². The molecule has 2 aliphatic heterocycles. The Balaban J connectivity index is 1.12. The molecule has 6 rings (SSSR count). The van der Waals surface area contributed by atoms with E-state index in [2.05, 4.69) is 37.0 Å². The SMILES string of the molecule is CO[C@]1(C(=O)N[C@@H](C)c2ccc(-n3cc(F)cn3)nc2)CC[C@H](C2N=C(Nc3cc(C)[nH]n3)C=C3C=CC=NC32)CC1. The molecule has 3 aromatic heterocycles. The Morgan fingerprint density at radius 1 is 1.26 bits per heavy atom. The van der Waals surface area contributed by atoms with E-state index < -0.39 is 11.4 Å². The molecule has 0 bridgehead atoms. The second-order valence-corrected chi connectivity index (χ2v) is 11.1. The lowest BCUT2D eigenvalue weighted by molar-refractivity contribution is -0.149. The van der Waals surface area contributed by atoms with Gasteiger partial charge in [0.2, 0.25) is 0 Å². The van der Waals surface area contributed by atoms with Gasteiger partial charge in [0.1, 0.15) is 11.4 Å². The minimum atomic E-state index is -0.925. The number of hydrogen-bond donors (Lipinski definition) is 3. The van der Waals surface area contributed by atoms with Gasteiger partial charge < -0.3 is 15.4 Å². The van der Waals surface area contributed by atoms with Crippen LogP contribution in [0.3, 0.4) is 0 Å². The molecule has 3 N–H and O–H groups in total. The molecule has 1 amide bonds. The molecule has 1 saturated carbocycles. The molecule has 11 nitrogen and oxygen atoms in total. The quantitative estimate of drug-likeness (QED) is 0.392. The molecule has 12 heteroatoms. The van der Waals surface area contributed by atoms with Crippen LogP contribution in [0.25, 0.3) is 5.82 Å². The maximum atomic E-state index is 13.6. The Kier molecular flexibility index (Phi) is 7.55. The van der Waals surface area contributed by atoms with E-state index >= 15 is 0 Å². The third-order valence-electron chi connectivity index (χ3n) is 8.37. The van der Waals surface area contributed by atoms with Crippen LogP contribution in [0.15, 0.2) is 70.6 Å². The maximum absolute atomic E-state index is 13.6. The number of ether oxygens (including phenoxy) is 1. The molecular formula is C30H34FN9O2. The molecular weight excluding hydrogens is 537 g/mol. The number of aromatic nitrogens is 5. The first kappa shape index (κ1) is 27.7. The molecule has 0 saturated heterocycles. The highest BCUT2D eigenvalue weighted by atomic mass is 19.1. The van der Waals surface area contributed by atoms with Gasteiger partial charge in [-0.2, -0.15) is 10.2 Å². The van der Waals surface area contributed by atoms with Crippen molar-refractivity contribution in [2.75, 3.05) is 12.4 Å². The van der Waals surface area contributed by atoms with E-state index in [-0.39, 0.29) is 30.0 Å². The lowest BCUT2D eigenvalue weighted by Crippen LogP contribution is -2.52. The van der Waals surface area contributed by atoms with Crippen molar-refractivity contribution in [3.8, 4) is 5.82 Å². The molecule has 5 heterocycles. The first-order chi connectivity index (χ1) is 20.3. The molecule has 3 aliphatic rings. The van der Waals surface area contributed by atoms with Crippen molar-refractivity contribution in [2.45, 2.75) is 63.3 Å². The summed E-state index contributed by atoms with van der Waals surface area (Å²) in [6, 6.07) is 5.13. The summed E-state index contributed by atoms with van der Waals surface area (Å²) >= 11 is 0. The van der Waals surface area contributed by atoms with Crippen LogP contribution >= 0.6 is 0 Å². The van der Waals surface area contributed by atoms with Crippen LogP contribution < -0.4 is 10.6 Å². The Labute approximate surface area is 243 Å². The number of methoxy groups -OCH3 is 1. The first-order valence-electron chi connectivity index (χ1n) is 14.1. The molecule has 3 atom stereocenters. The van der Waals surface area contributed by atoms with Crippen molar-refractivity contribution in [2.24, 2.45) is 15.9 Å². The smallest absolute Gasteiger partial charge is 0.252 e. The van der Waals surface area contributed by atoms with E-state index in [4.69, 9.17) is 14.7 Å². The number of aliphatic imine (C=N–C) groups is 2. The summed E-state index contributed by atoms with van der Waals surface area (Å²) in [5.74, 6) is 1.63. The zero-order valence-corrected chi connectivity index (χ0v) is 23.8. The Morgan fingerprint density at radius 3 is 2.76 bits per heavy atom. The number of nitrogens with zero attached hydrogens (tertiary/aromatic N) is 6. The number of halogens is 1. The second-order valence-electron chi connectivity index (χ2n) is 11.1. The molecule has 1 fully saturated rings. The van der Waals surface area contributed by atoms with Gasteiger partial charge in [0, 0.05) is 31.3 Å². The van der Waals surface area contributed by atoms with Gasteiger partial charge in [-0.25, -0.2) is 14.1 Å². The number of fused-ring (bicyclic) bond motifs is 1. The number of carbonyl (C=O) groups is 1. The predicted octanol–water partition coefficient (Wildman–Crippen LogP) is 4.02. The lowest BCUT2D eigenvalue weighted by atomic mass is 9.72. The average Bonchev–Trinajstić information content (AvgIpc) is 3.64. The second kappa shape index (κ2) is 11.4. The topological polar surface area (TPSA) is 134 Å². The number of hydrogen-bond acceptors (Lipinski definition) is 8. The van der Waals surface area contributed by atoms with Crippen LogP contribution in [-0.4, -0.2) is 67.7 Å². The number of allylic oxidation sites excluding steroid dienone is 1. The van der Waals surface area contributed by atoms with E-state index in [1.165, 1.54) is 10.9 Å². The lowest BCUT2D eigenvalue weighted by Gasteiger charge is -2.42. The molecule has 42 heavy (non-hydrogen) atoms. The zero-order chi connectivity index (χ0) is 29.3. The number of rotatable bonds is 7. The summed E-state index contributed by atoms with van der Waals surface area (Å²) < 4.78 is 20.6. The molecule has 218 valence electrons. The fourth-order valence-corrected chi connectivity index (χ4v) is 5.97. The van der Waals surface area contributed by atoms with Crippen LogP contribution in [0.2, 0.25) is 0 Å². The van der Waals surface area contributed by atoms with Crippen LogP contribution in [-0.2, 0) is 9.53 Å². The number of dihydropyridines is 2. The monoisotopic (exact) mass is 571 g/mol. The summed E-state index contributed by atoms with van der Waals surface area (Å²) in [5, 5.41) is 17.6. The van der Waals surface area contributed by atoms with E-state index in [1.54, 1.807) is 19.4 Å². The van der Waals surface area contributed by atoms with Crippen molar-refractivity contribution in [1.29, 1.82) is 0 Å². The van der Waals surface area contributed by atoms with Crippen molar-refractivity contribution in [3.63, 3.8) is 0 Å². The molecule has 3 aromatic rings. The summed E-state index contributed by atoms with van der Waals surface area (Å²) in [4.78, 5) is 27.8. The fraction of sp³-hybridized carbons (Fsp3) is 0.400. The molecule has 0 spiro atoms. The van der Waals surface area contributed by atoms with Crippen LogP contribution in [0.4, 0.5) is 10.2 Å². The molecule has 1 aliphatic carbocycles. The predicted molar refractivity (Wildman–Crippen MR) is 157 cm³/mol. The number of H-pyrrole nitrogens is 1. The number of anilines is 1. The van der Waals surface area contributed by atoms with Gasteiger partial charge in [-0.15, -0.1) is 0 Å². The van der Waals surface area contributed by atoms with E-state index in [0.717, 1.165) is 47.5 Å². The summed E-state index contributed by atoms with van der Waals surface area (Å²) in [6.45, 7) is 3.86. The minimum absolute atomic E-state index is 0.0518. The maximum Gasteiger partial charge on any atom is 0.252 e. The number of carbonyl (C=O) groups excluding carboxylic acids is 1. The number of aromatic amines is 1. The number of amides is 1. The highest BCUT2D eigenvalue weighted by Crippen LogP contribution is 2.41. The number of aryl methyl sites for hydroxylation is 1. The fourth-order valence-electron chi connectivity index (χ4n) is 5.97. The van der Waals surface area contributed by atoms with E-state index in [1.807, 2.05) is 44.3 Å². The number of nitrogens with one attached hydrogen (secondary N) is 3. The van der Waals surface area contributed by atoms with Crippen molar-refractivity contribution in [1.82, 2.24) is 30.3 Å².